The maximum absolute atomic E-state index is 14.2. The molecule has 0 radical (unpaired) electrons. The van der Waals surface area contributed by atoms with Crippen LogP contribution >= 0.6 is 0 Å². The highest BCUT2D eigenvalue weighted by Crippen LogP contribution is 2.66. The molecule has 3 atom stereocenters. The van der Waals surface area contributed by atoms with Crippen molar-refractivity contribution in [1.29, 1.82) is 0 Å². The summed E-state index contributed by atoms with van der Waals surface area (Å²) in [5, 5.41) is 2.22. The number of hydrogen-bond acceptors (Lipinski definition) is 2. The maximum Gasteiger partial charge on any atom is 0.318 e. The van der Waals surface area contributed by atoms with Crippen LogP contribution in [0.25, 0.3) is 21.8 Å². The molecular formula is C30H34N2O2. The Morgan fingerprint density at radius 2 is 1.44 bits per heavy atom. The lowest BCUT2D eigenvalue weighted by molar-refractivity contribution is -0.157. The van der Waals surface area contributed by atoms with Crippen LogP contribution in [-0.2, 0) is 23.6 Å². The van der Waals surface area contributed by atoms with E-state index in [1.807, 2.05) is 0 Å². The minimum absolute atomic E-state index is 0.0267. The van der Waals surface area contributed by atoms with Gasteiger partial charge in [0.15, 0.2) is 0 Å². The number of rotatable bonds is 4. The zero-order chi connectivity index (χ0) is 23.8. The molecule has 4 heteroatoms. The van der Waals surface area contributed by atoms with Crippen molar-refractivity contribution in [3.05, 3.63) is 72.1 Å². The van der Waals surface area contributed by atoms with E-state index in [0.717, 1.165) is 45.8 Å². The summed E-state index contributed by atoms with van der Waals surface area (Å²) >= 11 is 0. The van der Waals surface area contributed by atoms with Gasteiger partial charge in [-0.1, -0.05) is 57.2 Å². The Balaban J connectivity index is 1.49. The summed E-state index contributed by atoms with van der Waals surface area (Å²) in [6, 6.07) is 16.7. The van der Waals surface area contributed by atoms with Crippen molar-refractivity contribution in [2.45, 2.75) is 52.1 Å². The SMILES string of the molecule is Cn1cc(C(C(=O)O[C@@H]2C[C@@H]3CCC2(C)C3(C)C)c2cn(C)c3ccccc23)c2ccccc21. The number of carbonyl (C=O) groups excluding carboxylic acids is 1. The molecular weight excluding hydrogens is 420 g/mol. The first-order valence-corrected chi connectivity index (χ1v) is 12.5. The standard InChI is InChI=1S/C30H34N2O2/c1-29(2)19-14-15-30(29,3)26(16-19)34-28(33)27(22-17-31(4)24-12-8-6-10-20(22)24)23-18-32(5)25-13-9-7-11-21(23)25/h6-13,17-19,26-27H,14-16H2,1-5H3/t19-,26+,30?/m0/s1. The average Bonchev–Trinajstić information content (AvgIpc) is 3.45. The Hall–Kier alpha value is -3.01. The van der Waals surface area contributed by atoms with E-state index < -0.39 is 5.92 Å². The van der Waals surface area contributed by atoms with E-state index >= 15 is 0 Å². The van der Waals surface area contributed by atoms with Gasteiger partial charge in [0.05, 0.1) is 0 Å². The molecule has 2 aromatic heterocycles. The number of nitrogens with zero attached hydrogens (tertiary/aromatic N) is 2. The topological polar surface area (TPSA) is 36.2 Å². The van der Waals surface area contributed by atoms with Crippen LogP contribution in [0, 0.1) is 16.7 Å². The maximum atomic E-state index is 14.2. The molecule has 2 bridgehead atoms. The van der Waals surface area contributed by atoms with Gasteiger partial charge in [-0.05, 0) is 53.9 Å². The molecule has 2 aliphatic rings. The Morgan fingerprint density at radius 1 is 0.912 bits per heavy atom. The molecule has 0 amide bonds. The Bertz CT molecular complexity index is 1340. The first-order valence-electron chi connectivity index (χ1n) is 12.5. The lowest BCUT2D eigenvalue weighted by atomic mass is 9.70. The number of aryl methyl sites for hydroxylation is 2. The summed E-state index contributed by atoms with van der Waals surface area (Å²) in [6.45, 7) is 7.07. The van der Waals surface area contributed by atoms with Crippen molar-refractivity contribution >= 4 is 27.8 Å². The molecule has 0 N–H and O–H groups in total. The van der Waals surface area contributed by atoms with Gasteiger partial charge in [0, 0.05) is 53.7 Å². The van der Waals surface area contributed by atoms with Crippen LogP contribution < -0.4 is 0 Å². The van der Waals surface area contributed by atoms with Crippen molar-refractivity contribution in [3.8, 4) is 0 Å². The Morgan fingerprint density at radius 3 is 1.91 bits per heavy atom. The van der Waals surface area contributed by atoms with Gasteiger partial charge in [-0.2, -0.15) is 0 Å². The zero-order valence-corrected chi connectivity index (χ0v) is 20.8. The highest BCUT2D eigenvalue weighted by atomic mass is 16.5. The number of benzene rings is 2. The first-order chi connectivity index (χ1) is 16.2. The monoisotopic (exact) mass is 454 g/mol. The molecule has 2 aliphatic carbocycles. The second kappa shape index (κ2) is 7.24. The highest BCUT2D eigenvalue weighted by molar-refractivity contribution is 5.97. The molecule has 2 aromatic carbocycles. The predicted molar refractivity (Wildman–Crippen MR) is 137 cm³/mol. The van der Waals surface area contributed by atoms with Crippen LogP contribution in [0.2, 0.25) is 0 Å². The fraction of sp³-hybridized carbons (Fsp3) is 0.433. The third-order valence-corrected chi connectivity index (χ3v) is 9.69. The van der Waals surface area contributed by atoms with Gasteiger partial charge in [-0.15, -0.1) is 0 Å². The van der Waals surface area contributed by atoms with Gasteiger partial charge in [0.25, 0.3) is 0 Å². The second-order valence-corrected chi connectivity index (χ2v) is 11.4. The van der Waals surface area contributed by atoms with E-state index in [1.54, 1.807) is 0 Å². The average molecular weight is 455 g/mol. The number of esters is 1. The minimum Gasteiger partial charge on any atom is -0.461 e. The summed E-state index contributed by atoms with van der Waals surface area (Å²) in [6.07, 6.45) is 7.56. The summed E-state index contributed by atoms with van der Waals surface area (Å²) in [7, 11) is 4.10. The molecule has 2 heterocycles. The molecule has 2 saturated carbocycles. The smallest absolute Gasteiger partial charge is 0.318 e. The van der Waals surface area contributed by atoms with Crippen molar-refractivity contribution in [2.75, 3.05) is 0 Å². The van der Waals surface area contributed by atoms with Crippen molar-refractivity contribution in [1.82, 2.24) is 9.13 Å². The Labute approximate surface area is 201 Å². The molecule has 176 valence electrons. The lowest BCUT2D eigenvalue weighted by Crippen LogP contribution is -2.39. The van der Waals surface area contributed by atoms with E-state index in [4.69, 9.17) is 4.74 Å². The normalized spacial score (nSPS) is 25.6. The molecule has 4 nitrogen and oxygen atoms in total. The number of hydrogen-bond donors (Lipinski definition) is 0. The van der Waals surface area contributed by atoms with Gasteiger partial charge in [0.1, 0.15) is 12.0 Å². The van der Waals surface area contributed by atoms with E-state index in [2.05, 4.69) is 105 Å². The molecule has 4 aromatic rings. The summed E-state index contributed by atoms with van der Waals surface area (Å²) in [4.78, 5) is 14.2. The molecule has 6 rings (SSSR count). The van der Waals surface area contributed by atoms with E-state index in [1.165, 1.54) is 6.42 Å². The summed E-state index contributed by atoms with van der Waals surface area (Å²) in [5.41, 5.74) is 4.54. The van der Waals surface area contributed by atoms with Crippen molar-refractivity contribution < 1.29 is 9.53 Å². The van der Waals surface area contributed by atoms with Crippen LogP contribution in [0.15, 0.2) is 60.9 Å². The molecule has 0 aliphatic heterocycles. The number of ether oxygens (including phenoxy) is 1. The van der Waals surface area contributed by atoms with Crippen LogP contribution in [0.1, 0.15) is 57.1 Å². The second-order valence-electron chi connectivity index (χ2n) is 11.4. The molecule has 2 fully saturated rings. The molecule has 0 saturated heterocycles. The first kappa shape index (κ1) is 21.5. The van der Waals surface area contributed by atoms with E-state index in [-0.39, 0.29) is 22.9 Å². The van der Waals surface area contributed by atoms with Gasteiger partial charge in [-0.3, -0.25) is 4.79 Å². The highest BCUT2D eigenvalue weighted by Gasteiger charge is 2.63. The van der Waals surface area contributed by atoms with Gasteiger partial charge >= 0.3 is 5.97 Å². The van der Waals surface area contributed by atoms with Crippen LogP contribution in [0.5, 0.6) is 0 Å². The molecule has 0 spiro atoms. The third-order valence-electron chi connectivity index (χ3n) is 9.69. The van der Waals surface area contributed by atoms with Crippen molar-refractivity contribution in [3.63, 3.8) is 0 Å². The molecule has 1 unspecified atom stereocenters. The lowest BCUT2D eigenvalue weighted by Gasteiger charge is -2.38. The van der Waals surface area contributed by atoms with Crippen LogP contribution in [0.3, 0.4) is 0 Å². The predicted octanol–water partition coefficient (Wildman–Crippen LogP) is 6.56. The van der Waals surface area contributed by atoms with Crippen LogP contribution in [-0.4, -0.2) is 21.2 Å². The number of fused-ring (bicyclic) bond motifs is 4. The van der Waals surface area contributed by atoms with Gasteiger partial charge < -0.3 is 13.9 Å². The number of aromatic nitrogens is 2. The number of para-hydroxylation sites is 2. The summed E-state index contributed by atoms with van der Waals surface area (Å²) < 4.78 is 10.8. The van der Waals surface area contributed by atoms with Crippen molar-refractivity contribution in [2.24, 2.45) is 30.8 Å². The quantitative estimate of drug-likeness (QED) is 0.327. The number of carbonyl (C=O) groups is 1. The van der Waals surface area contributed by atoms with E-state index in [0.29, 0.717) is 5.92 Å². The largest absolute Gasteiger partial charge is 0.461 e. The fourth-order valence-electron chi connectivity index (χ4n) is 7.14. The van der Waals surface area contributed by atoms with Crippen LogP contribution in [0.4, 0.5) is 0 Å². The fourth-order valence-corrected chi connectivity index (χ4v) is 7.14. The van der Waals surface area contributed by atoms with Gasteiger partial charge in [0.2, 0.25) is 0 Å². The zero-order valence-electron chi connectivity index (χ0n) is 20.8. The van der Waals surface area contributed by atoms with Gasteiger partial charge in [-0.25, -0.2) is 0 Å². The Kier molecular flexibility index (Phi) is 4.58. The molecule has 34 heavy (non-hydrogen) atoms. The van der Waals surface area contributed by atoms with E-state index in [9.17, 15) is 4.79 Å². The third kappa shape index (κ3) is 2.80. The summed E-state index contributed by atoms with van der Waals surface area (Å²) in [5.74, 6) is 0.0363. The minimum atomic E-state index is -0.469.